The van der Waals surface area contributed by atoms with Gasteiger partial charge in [0.15, 0.2) is 0 Å². The van der Waals surface area contributed by atoms with E-state index in [1.165, 1.54) is 35.1 Å². The van der Waals surface area contributed by atoms with Crippen molar-refractivity contribution in [2.24, 2.45) is 0 Å². The molecule has 2 aliphatic carbocycles. The zero-order chi connectivity index (χ0) is 18.8. The molecule has 1 aromatic rings. The number of hydrogen-bond acceptors (Lipinski definition) is 5. The van der Waals surface area contributed by atoms with Crippen molar-refractivity contribution in [3.8, 4) is 0 Å². The maximum Gasteiger partial charge on any atom is 0.256 e. The standard InChI is InChI=1S/C19H24N4O2S2/c20-11-16(18-21-8-3-9-25-18)27(24)23-19(26)22-17-14-6-1-4-12(14)10-13-5-2-7-15(13)17/h10-11,20-21H,1-9H2,(H2,22,23,26)/b18-16-,20-11?. The van der Waals surface area contributed by atoms with E-state index in [1.807, 2.05) is 0 Å². The molecular weight excluding hydrogens is 380 g/mol. The lowest BCUT2D eigenvalue weighted by atomic mass is 9.99. The summed E-state index contributed by atoms with van der Waals surface area (Å²) < 4.78 is 21.0. The van der Waals surface area contributed by atoms with Crippen LogP contribution in [0.25, 0.3) is 0 Å². The molecule has 0 saturated carbocycles. The average Bonchev–Trinajstić information content (AvgIpc) is 3.32. The maximum atomic E-state index is 12.7. The third kappa shape index (κ3) is 3.79. The normalized spacial score (nSPS) is 20.6. The highest BCUT2D eigenvalue weighted by atomic mass is 32.2. The molecule has 0 bridgehead atoms. The van der Waals surface area contributed by atoms with Crippen LogP contribution in [-0.4, -0.2) is 29.0 Å². The van der Waals surface area contributed by atoms with Crippen molar-refractivity contribution in [3.05, 3.63) is 39.1 Å². The lowest BCUT2D eigenvalue weighted by Gasteiger charge is -2.22. The minimum absolute atomic E-state index is 0.266. The molecule has 1 aliphatic heterocycles. The lowest BCUT2D eigenvalue weighted by molar-refractivity contribution is 0.157. The number of nitrogens with one attached hydrogen (secondary N) is 4. The van der Waals surface area contributed by atoms with Gasteiger partial charge < -0.3 is 25.3 Å². The maximum absolute atomic E-state index is 12.7. The van der Waals surface area contributed by atoms with Gasteiger partial charge in [-0.15, -0.1) is 0 Å². The first-order chi connectivity index (χ1) is 13.2. The van der Waals surface area contributed by atoms with Crippen LogP contribution in [0.3, 0.4) is 0 Å². The van der Waals surface area contributed by atoms with Crippen LogP contribution in [0, 0.1) is 5.41 Å². The van der Waals surface area contributed by atoms with Gasteiger partial charge in [0.25, 0.3) is 4.91 Å². The highest BCUT2D eigenvalue weighted by molar-refractivity contribution is 7.96. The lowest BCUT2D eigenvalue weighted by Crippen LogP contribution is -2.38. The molecule has 1 unspecified atom stereocenters. The van der Waals surface area contributed by atoms with Crippen molar-refractivity contribution in [3.63, 3.8) is 0 Å². The third-order valence-corrected chi connectivity index (χ3v) is 6.73. The van der Waals surface area contributed by atoms with E-state index in [4.69, 9.17) is 22.4 Å². The quantitative estimate of drug-likeness (QED) is 0.350. The van der Waals surface area contributed by atoms with Crippen LogP contribution in [0.2, 0.25) is 0 Å². The first-order valence-corrected chi connectivity index (χ1v) is 11.0. The molecule has 144 valence electrons. The molecule has 3 aliphatic rings. The zero-order valence-electron chi connectivity index (χ0n) is 15.2. The Morgan fingerprint density at radius 2 is 1.89 bits per heavy atom. The summed E-state index contributed by atoms with van der Waals surface area (Å²) in [6.45, 7) is 1.30. The largest absolute Gasteiger partial charge is 0.588 e. The summed E-state index contributed by atoms with van der Waals surface area (Å²) >= 11 is 3.79. The molecule has 0 spiro atoms. The molecule has 0 aromatic heterocycles. The van der Waals surface area contributed by atoms with Crippen molar-refractivity contribution in [1.29, 1.82) is 5.41 Å². The molecule has 8 heteroatoms. The van der Waals surface area contributed by atoms with Gasteiger partial charge in [-0.25, -0.2) is 0 Å². The Kier molecular flexibility index (Phi) is 5.56. The number of rotatable bonds is 4. The first-order valence-electron chi connectivity index (χ1n) is 9.44. The third-order valence-electron chi connectivity index (χ3n) is 5.30. The predicted octanol–water partition coefficient (Wildman–Crippen LogP) is 2.44. The van der Waals surface area contributed by atoms with Gasteiger partial charge in [-0.2, -0.15) is 4.72 Å². The summed E-state index contributed by atoms with van der Waals surface area (Å²) in [5.41, 5.74) is 6.67. The SMILES string of the molecule is N=C/C(=C1\NCCCO1)[S+]([O-])NC(=S)Nc1c2c(cc3c1CCC3)CCC2. The molecule has 4 N–H and O–H groups in total. The Hall–Kier alpha value is -1.77. The van der Waals surface area contributed by atoms with Crippen molar-refractivity contribution in [1.82, 2.24) is 10.0 Å². The van der Waals surface area contributed by atoms with Crippen LogP contribution in [-0.2, 0) is 41.8 Å². The molecule has 1 saturated heterocycles. The van der Waals surface area contributed by atoms with Crippen molar-refractivity contribution < 1.29 is 9.29 Å². The molecule has 6 nitrogen and oxygen atoms in total. The summed E-state index contributed by atoms with van der Waals surface area (Å²) in [5, 5.41) is 14.3. The minimum Gasteiger partial charge on any atom is -0.588 e. The molecule has 1 heterocycles. The Labute approximate surface area is 168 Å². The van der Waals surface area contributed by atoms with E-state index < -0.39 is 11.4 Å². The summed E-state index contributed by atoms with van der Waals surface area (Å²) in [5.74, 6) is 0.395. The molecule has 4 rings (SSSR count). The van der Waals surface area contributed by atoms with Crippen LogP contribution in [0.1, 0.15) is 41.5 Å². The summed E-state index contributed by atoms with van der Waals surface area (Å²) in [6, 6.07) is 2.37. The average molecular weight is 405 g/mol. The number of anilines is 1. The van der Waals surface area contributed by atoms with Crippen LogP contribution < -0.4 is 15.4 Å². The molecule has 0 amide bonds. The van der Waals surface area contributed by atoms with Crippen molar-refractivity contribution in [2.45, 2.75) is 44.9 Å². The Morgan fingerprint density at radius 3 is 2.48 bits per heavy atom. The van der Waals surface area contributed by atoms with E-state index in [2.05, 4.69) is 21.4 Å². The van der Waals surface area contributed by atoms with Gasteiger partial charge in [0.1, 0.15) is 11.4 Å². The smallest absolute Gasteiger partial charge is 0.256 e. The van der Waals surface area contributed by atoms with Crippen LogP contribution in [0.4, 0.5) is 5.69 Å². The molecule has 0 radical (unpaired) electrons. The van der Waals surface area contributed by atoms with Crippen molar-refractivity contribution in [2.75, 3.05) is 18.5 Å². The minimum atomic E-state index is -1.66. The number of thiocarbonyl (C=S) groups is 1. The van der Waals surface area contributed by atoms with Gasteiger partial charge in [-0.1, -0.05) is 6.07 Å². The van der Waals surface area contributed by atoms with Crippen molar-refractivity contribution >= 4 is 40.6 Å². The van der Waals surface area contributed by atoms with E-state index in [9.17, 15) is 4.55 Å². The molecule has 27 heavy (non-hydrogen) atoms. The summed E-state index contributed by atoms with van der Waals surface area (Å²) in [4.78, 5) is 0.266. The Balaban J connectivity index is 1.51. The highest BCUT2D eigenvalue weighted by Crippen LogP contribution is 2.38. The van der Waals surface area contributed by atoms with E-state index >= 15 is 0 Å². The molecule has 1 atom stereocenters. The van der Waals surface area contributed by atoms with Gasteiger partial charge >= 0.3 is 0 Å². The molecular formula is C19H24N4O2S2. The monoisotopic (exact) mass is 404 g/mol. The van der Waals surface area contributed by atoms with Crippen LogP contribution >= 0.6 is 12.2 Å². The Bertz CT molecular complexity index is 769. The van der Waals surface area contributed by atoms with E-state index in [0.29, 0.717) is 17.6 Å². The summed E-state index contributed by atoms with van der Waals surface area (Å²) in [7, 11) is 0. The number of fused-ring (bicyclic) bond motifs is 2. The number of allylic oxidation sites excluding steroid dienone is 1. The number of hydrogen-bond donors (Lipinski definition) is 4. The fourth-order valence-corrected chi connectivity index (χ4v) is 5.17. The molecule has 1 aromatic carbocycles. The second kappa shape index (κ2) is 8.08. The number of ether oxygens (including phenoxy) is 1. The van der Waals surface area contributed by atoms with E-state index in [-0.39, 0.29) is 4.91 Å². The fraction of sp³-hybridized carbons (Fsp3) is 0.474. The van der Waals surface area contributed by atoms with Gasteiger partial charge in [-0.05, 0) is 79.4 Å². The van der Waals surface area contributed by atoms with Gasteiger partial charge in [0.2, 0.25) is 11.0 Å². The summed E-state index contributed by atoms with van der Waals surface area (Å²) in [6.07, 6.45) is 8.65. The van der Waals surface area contributed by atoms with Gasteiger partial charge in [-0.3, -0.25) is 0 Å². The number of aryl methyl sites for hydroxylation is 2. The highest BCUT2D eigenvalue weighted by Gasteiger charge is 2.27. The van der Waals surface area contributed by atoms with Gasteiger partial charge in [0.05, 0.1) is 12.8 Å². The molecule has 1 fully saturated rings. The van der Waals surface area contributed by atoms with E-state index in [1.54, 1.807) is 0 Å². The van der Waals surface area contributed by atoms with Crippen LogP contribution in [0.5, 0.6) is 0 Å². The Morgan fingerprint density at radius 1 is 1.19 bits per heavy atom. The fourth-order valence-electron chi connectivity index (χ4n) is 4.11. The second-order valence-corrected chi connectivity index (χ2v) is 8.62. The second-order valence-electron chi connectivity index (χ2n) is 7.03. The van der Waals surface area contributed by atoms with E-state index in [0.717, 1.165) is 50.6 Å². The number of benzene rings is 1. The predicted molar refractivity (Wildman–Crippen MR) is 112 cm³/mol. The zero-order valence-corrected chi connectivity index (χ0v) is 16.8. The van der Waals surface area contributed by atoms with Crippen LogP contribution in [0.15, 0.2) is 16.9 Å². The van der Waals surface area contributed by atoms with Gasteiger partial charge in [0, 0.05) is 12.2 Å². The first kappa shape index (κ1) is 18.6. The topological polar surface area (TPSA) is 92.2 Å².